The molecule has 2 N–H and O–H groups in total. The minimum absolute atomic E-state index is 0.147. The Hall–Kier alpha value is -0.170. The Morgan fingerprint density at radius 2 is 1.81 bits per heavy atom. The van der Waals surface area contributed by atoms with Crippen molar-refractivity contribution in [1.82, 2.24) is 10.2 Å². The predicted octanol–water partition coefficient (Wildman–Crippen LogP) is 0.586. The summed E-state index contributed by atoms with van der Waals surface area (Å²) in [6.45, 7) is 5.83. The maximum Gasteiger partial charge on any atom is 0.264 e. The molecule has 0 aromatic carbocycles. The molecule has 0 radical (unpaired) electrons. The second kappa shape index (κ2) is 8.92. The van der Waals surface area contributed by atoms with Gasteiger partial charge in [-0.3, -0.25) is 4.55 Å². The summed E-state index contributed by atoms with van der Waals surface area (Å²) in [5.74, 6) is -0.147. The van der Waals surface area contributed by atoms with Crippen LogP contribution in [0.15, 0.2) is 0 Å². The Morgan fingerprint density at radius 3 is 2.38 bits per heavy atom. The highest BCUT2D eigenvalue weighted by Crippen LogP contribution is 1.93. The average molecular weight is 252 g/mol. The summed E-state index contributed by atoms with van der Waals surface area (Å²) in [5, 5.41) is 3.31. The fourth-order valence-electron chi connectivity index (χ4n) is 1.40. The van der Waals surface area contributed by atoms with Crippen molar-refractivity contribution in [2.45, 2.75) is 26.2 Å². The molecule has 0 spiro atoms. The lowest BCUT2D eigenvalue weighted by Crippen LogP contribution is -2.26. The summed E-state index contributed by atoms with van der Waals surface area (Å²) in [5.41, 5.74) is 0. The molecule has 0 aliphatic rings. The van der Waals surface area contributed by atoms with Gasteiger partial charge in [0.15, 0.2) is 0 Å². The van der Waals surface area contributed by atoms with Gasteiger partial charge in [0.25, 0.3) is 10.1 Å². The lowest BCUT2D eigenvalue weighted by molar-refractivity contribution is 0.326. The van der Waals surface area contributed by atoms with E-state index < -0.39 is 10.1 Å². The lowest BCUT2D eigenvalue weighted by Gasteiger charge is -2.15. The van der Waals surface area contributed by atoms with Crippen LogP contribution in [0.2, 0.25) is 0 Å². The summed E-state index contributed by atoms with van der Waals surface area (Å²) < 4.78 is 29.5. The molecule has 0 atom stereocenters. The van der Waals surface area contributed by atoms with E-state index in [1.54, 1.807) is 0 Å². The molecule has 0 saturated carbocycles. The normalized spacial score (nSPS) is 12.2. The van der Waals surface area contributed by atoms with Crippen LogP contribution in [0.3, 0.4) is 0 Å². The van der Waals surface area contributed by atoms with Gasteiger partial charge >= 0.3 is 0 Å². The van der Waals surface area contributed by atoms with Gasteiger partial charge in [-0.1, -0.05) is 6.92 Å². The van der Waals surface area contributed by atoms with Crippen molar-refractivity contribution in [3.8, 4) is 0 Å². The third kappa shape index (κ3) is 11.9. The number of nitrogens with one attached hydrogen (secondary N) is 1. The van der Waals surface area contributed by atoms with E-state index in [4.69, 9.17) is 4.55 Å². The molecular weight excluding hydrogens is 228 g/mol. The highest BCUT2D eigenvalue weighted by molar-refractivity contribution is 7.85. The van der Waals surface area contributed by atoms with Crippen molar-refractivity contribution < 1.29 is 13.0 Å². The number of nitrogens with zero attached hydrogens (tertiary/aromatic N) is 1. The van der Waals surface area contributed by atoms with Crippen LogP contribution in [-0.2, 0) is 10.1 Å². The molecule has 0 saturated heterocycles. The SMILES string of the molecule is CCCNCCCN(C)CCCS(=O)(=O)O. The number of hydrogen-bond acceptors (Lipinski definition) is 4. The Bertz CT molecular complexity index is 255. The Labute approximate surface area is 99.0 Å². The van der Waals surface area contributed by atoms with E-state index in [0.717, 1.165) is 32.5 Å². The van der Waals surface area contributed by atoms with Crippen molar-refractivity contribution in [2.24, 2.45) is 0 Å². The zero-order valence-corrected chi connectivity index (χ0v) is 11.1. The van der Waals surface area contributed by atoms with Crippen molar-refractivity contribution in [3.05, 3.63) is 0 Å². The van der Waals surface area contributed by atoms with Gasteiger partial charge in [0.2, 0.25) is 0 Å². The van der Waals surface area contributed by atoms with Gasteiger partial charge in [-0.25, -0.2) is 0 Å². The molecule has 0 aromatic heterocycles. The molecule has 0 aromatic rings. The molecule has 16 heavy (non-hydrogen) atoms. The third-order valence-electron chi connectivity index (χ3n) is 2.26. The Kier molecular flexibility index (Phi) is 8.83. The smallest absolute Gasteiger partial charge is 0.264 e. The second-order valence-electron chi connectivity index (χ2n) is 4.05. The number of hydrogen-bond donors (Lipinski definition) is 2. The third-order valence-corrected chi connectivity index (χ3v) is 3.07. The summed E-state index contributed by atoms with van der Waals surface area (Å²) in [6, 6.07) is 0. The monoisotopic (exact) mass is 252 g/mol. The second-order valence-corrected chi connectivity index (χ2v) is 5.62. The largest absolute Gasteiger partial charge is 0.317 e. The molecule has 0 unspecified atom stereocenters. The van der Waals surface area contributed by atoms with E-state index >= 15 is 0 Å². The summed E-state index contributed by atoms with van der Waals surface area (Å²) in [7, 11) is -1.83. The molecule has 0 amide bonds. The van der Waals surface area contributed by atoms with E-state index in [9.17, 15) is 8.42 Å². The molecule has 0 aliphatic carbocycles. The van der Waals surface area contributed by atoms with Crippen LogP contribution < -0.4 is 5.32 Å². The maximum atomic E-state index is 10.5. The fourth-order valence-corrected chi connectivity index (χ4v) is 1.90. The van der Waals surface area contributed by atoms with E-state index in [0.29, 0.717) is 13.0 Å². The van der Waals surface area contributed by atoms with Crippen LogP contribution in [0.1, 0.15) is 26.2 Å². The van der Waals surface area contributed by atoms with Crippen LogP contribution >= 0.6 is 0 Å². The lowest BCUT2D eigenvalue weighted by atomic mass is 10.3. The van der Waals surface area contributed by atoms with Crippen LogP contribution in [0, 0.1) is 0 Å². The van der Waals surface area contributed by atoms with E-state index in [1.807, 2.05) is 7.05 Å². The van der Waals surface area contributed by atoms with Crippen molar-refractivity contribution in [1.29, 1.82) is 0 Å². The van der Waals surface area contributed by atoms with Crippen LogP contribution in [0.4, 0.5) is 0 Å². The first-order chi connectivity index (χ1) is 7.45. The molecule has 98 valence electrons. The predicted molar refractivity (Wildman–Crippen MR) is 66.3 cm³/mol. The first-order valence-corrected chi connectivity index (χ1v) is 7.41. The zero-order valence-electron chi connectivity index (χ0n) is 10.3. The summed E-state index contributed by atoms with van der Waals surface area (Å²) in [6.07, 6.45) is 2.68. The molecule has 6 heteroatoms. The minimum atomic E-state index is -3.79. The van der Waals surface area contributed by atoms with E-state index in [1.165, 1.54) is 0 Å². The standard InChI is InChI=1S/C10H24N2O3S/c1-3-6-11-7-4-8-12(2)9-5-10-16(13,14)15/h11H,3-10H2,1-2H3,(H,13,14,15). The van der Waals surface area contributed by atoms with Crippen molar-refractivity contribution >= 4 is 10.1 Å². The Morgan fingerprint density at radius 1 is 1.19 bits per heavy atom. The molecular formula is C10H24N2O3S. The topological polar surface area (TPSA) is 69.6 Å². The molecule has 0 aliphatic heterocycles. The zero-order chi connectivity index (χ0) is 12.4. The molecule has 0 fully saturated rings. The fraction of sp³-hybridized carbons (Fsp3) is 1.00. The molecule has 0 bridgehead atoms. The highest BCUT2D eigenvalue weighted by Gasteiger charge is 2.05. The van der Waals surface area contributed by atoms with Gasteiger partial charge < -0.3 is 10.2 Å². The van der Waals surface area contributed by atoms with Gasteiger partial charge in [0.1, 0.15) is 0 Å². The van der Waals surface area contributed by atoms with Crippen LogP contribution in [-0.4, -0.2) is 56.9 Å². The molecule has 0 rings (SSSR count). The van der Waals surface area contributed by atoms with Crippen LogP contribution in [0.25, 0.3) is 0 Å². The van der Waals surface area contributed by atoms with Gasteiger partial charge in [0, 0.05) is 0 Å². The Balaban J connectivity index is 3.34. The molecule has 5 nitrogen and oxygen atoms in total. The van der Waals surface area contributed by atoms with Crippen molar-refractivity contribution in [3.63, 3.8) is 0 Å². The van der Waals surface area contributed by atoms with Crippen molar-refractivity contribution in [2.75, 3.05) is 39.0 Å². The highest BCUT2D eigenvalue weighted by atomic mass is 32.2. The minimum Gasteiger partial charge on any atom is -0.317 e. The molecule has 0 heterocycles. The first-order valence-electron chi connectivity index (χ1n) is 5.80. The average Bonchev–Trinajstić information content (AvgIpc) is 2.15. The van der Waals surface area contributed by atoms with Gasteiger partial charge in [-0.05, 0) is 52.5 Å². The maximum absolute atomic E-state index is 10.5. The van der Waals surface area contributed by atoms with E-state index in [-0.39, 0.29) is 5.75 Å². The van der Waals surface area contributed by atoms with Gasteiger partial charge in [-0.15, -0.1) is 0 Å². The summed E-state index contributed by atoms with van der Waals surface area (Å²) >= 11 is 0. The summed E-state index contributed by atoms with van der Waals surface area (Å²) in [4.78, 5) is 2.08. The first kappa shape index (κ1) is 15.8. The quantitative estimate of drug-likeness (QED) is 0.440. The van der Waals surface area contributed by atoms with Crippen LogP contribution in [0.5, 0.6) is 0 Å². The van der Waals surface area contributed by atoms with Gasteiger partial charge in [-0.2, -0.15) is 8.42 Å². The number of rotatable bonds is 10. The van der Waals surface area contributed by atoms with Gasteiger partial charge in [0.05, 0.1) is 5.75 Å². The van der Waals surface area contributed by atoms with E-state index in [2.05, 4.69) is 17.1 Å².